The molecule has 1 aromatic heterocycles. The number of benzene rings is 1. The Hall–Kier alpha value is -2.03. The van der Waals surface area contributed by atoms with Gasteiger partial charge in [-0.2, -0.15) is 0 Å². The Labute approximate surface area is 181 Å². The Morgan fingerprint density at radius 1 is 1.27 bits per heavy atom. The number of carbonyl (C=O) groups excluding carboxylic acids is 1. The maximum Gasteiger partial charge on any atom is 0.233 e. The van der Waals surface area contributed by atoms with Gasteiger partial charge < -0.3 is 10.4 Å². The predicted octanol–water partition coefficient (Wildman–Crippen LogP) is 3.89. The second kappa shape index (κ2) is 9.41. The maximum absolute atomic E-state index is 13.1. The summed E-state index contributed by atoms with van der Waals surface area (Å²) in [6.45, 7) is 1.59. The van der Waals surface area contributed by atoms with Gasteiger partial charge in [0.25, 0.3) is 0 Å². The van der Waals surface area contributed by atoms with Crippen LogP contribution in [0.15, 0.2) is 35.5 Å². The smallest absolute Gasteiger partial charge is 0.233 e. The molecule has 2 N–H and O–H groups in total. The van der Waals surface area contributed by atoms with Crippen molar-refractivity contribution in [2.24, 2.45) is 5.92 Å². The molecule has 0 radical (unpaired) electrons. The zero-order valence-corrected chi connectivity index (χ0v) is 18.6. The molecule has 0 bridgehead atoms. The Bertz CT molecular complexity index is 1000. The van der Waals surface area contributed by atoms with Gasteiger partial charge in [0.1, 0.15) is 0 Å². The molecule has 1 fully saturated rings. The first-order valence-electron chi connectivity index (χ1n) is 9.95. The lowest BCUT2D eigenvalue weighted by Gasteiger charge is -2.21. The molecule has 2 atom stereocenters. The summed E-state index contributed by atoms with van der Waals surface area (Å²) >= 11 is 6.23. The Morgan fingerprint density at radius 2 is 1.97 bits per heavy atom. The number of halogens is 1. The van der Waals surface area contributed by atoms with Crippen molar-refractivity contribution in [1.82, 2.24) is 9.97 Å². The lowest BCUT2D eigenvalue weighted by atomic mass is 9.87. The SMILES string of the molecule is CC(O)c1cnc(NC(=O)C(CC2CCCC2)c2ccc(S(C)(=O)=O)c(Cl)c2)cn1. The number of nitrogens with one attached hydrogen (secondary N) is 1. The minimum atomic E-state index is -3.45. The molecular weight excluding hydrogens is 426 g/mol. The number of nitrogens with zero attached hydrogens (tertiary/aromatic N) is 2. The molecule has 7 nitrogen and oxygen atoms in total. The number of rotatable bonds is 7. The molecule has 1 heterocycles. The molecule has 1 aliphatic carbocycles. The molecule has 2 aromatic rings. The van der Waals surface area contributed by atoms with Crippen LogP contribution in [0.5, 0.6) is 0 Å². The third-order valence-corrected chi connectivity index (χ3v) is 7.05. The molecule has 1 aromatic carbocycles. The monoisotopic (exact) mass is 451 g/mol. The molecule has 1 saturated carbocycles. The van der Waals surface area contributed by atoms with Crippen LogP contribution in [0.3, 0.4) is 0 Å². The van der Waals surface area contributed by atoms with Crippen LogP contribution in [0, 0.1) is 5.92 Å². The summed E-state index contributed by atoms with van der Waals surface area (Å²) in [4.78, 5) is 21.4. The lowest BCUT2D eigenvalue weighted by molar-refractivity contribution is -0.118. The van der Waals surface area contributed by atoms with Gasteiger partial charge >= 0.3 is 0 Å². The van der Waals surface area contributed by atoms with Crippen molar-refractivity contribution >= 4 is 33.2 Å². The quantitative estimate of drug-likeness (QED) is 0.660. The van der Waals surface area contributed by atoms with Crippen molar-refractivity contribution in [3.8, 4) is 0 Å². The Kier molecular flexibility index (Phi) is 7.10. The average molecular weight is 452 g/mol. The molecule has 1 aliphatic rings. The molecule has 0 spiro atoms. The second-order valence-corrected chi connectivity index (χ2v) is 10.3. The summed E-state index contributed by atoms with van der Waals surface area (Å²) in [5.41, 5.74) is 1.09. The number of aromatic nitrogens is 2. The zero-order valence-electron chi connectivity index (χ0n) is 17.0. The number of hydrogen-bond acceptors (Lipinski definition) is 6. The van der Waals surface area contributed by atoms with Crippen molar-refractivity contribution in [2.45, 2.75) is 55.9 Å². The van der Waals surface area contributed by atoms with E-state index in [9.17, 15) is 18.3 Å². The van der Waals surface area contributed by atoms with E-state index in [4.69, 9.17) is 11.6 Å². The zero-order chi connectivity index (χ0) is 21.9. The summed E-state index contributed by atoms with van der Waals surface area (Å²) in [7, 11) is -3.45. The number of aliphatic hydroxyl groups is 1. The van der Waals surface area contributed by atoms with Crippen molar-refractivity contribution in [1.29, 1.82) is 0 Å². The van der Waals surface area contributed by atoms with E-state index >= 15 is 0 Å². The Morgan fingerprint density at radius 3 is 2.50 bits per heavy atom. The number of anilines is 1. The van der Waals surface area contributed by atoms with Gasteiger partial charge in [0, 0.05) is 6.26 Å². The first-order chi connectivity index (χ1) is 14.1. The van der Waals surface area contributed by atoms with Gasteiger partial charge in [0.15, 0.2) is 15.7 Å². The van der Waals surface area contributed by atoms with Crippen molar-refractivity contribution in [3.05, 3.63) is 46.9 Å². The highest BCUT2D eigenvalue weighted by atomic mass is 35.5. The average Bonchev–Trinajstić information content (AvgIpc) is 3.18. The molecule has 1 amide bonds. The molecule has 9 heteroatoms. The van der Waals surface area contributed by atoms with Crippen LogP contribution in [0.4, 0.5) is 5.82 Å². The molecule has 0 aliphatic heterocycles. The summed E-state index contributed by atoms with van der Waals surface area (Å²) in [6.07, 6.45) is 8.29. The van der Waals surface area contributed by atoms with Crippen molar-refractivity contribution in [3.63, 3.8) is 0 Å². The van der Waals surface area contributed by atoms with Crippen molar-refractivity contribution < 1.29 is 18.3 Å². The van der Waals surface area contributed by atoms with Crippen LogP contribution in [0.2, 0.25) is 5.02 Å². The number of amides is 1. The third kappa shape index (κ3) is 5.56. The number of carbonyl (C=O) groups is 1. The highest BCUT2D eigenvalue weighted by Crippen LogP contribution is 2.36. The molecule has 0 saturated heterocycles. The summed E-state index contributed by atoms with van der Waals surface area (Å²) in [5.74, 6) is -0.0147. The van der Waals surface area contributed by atoms with E-state index in [2.05, 4.69) is 15.3 Å². The van der Waals surface area contributed by atoms with E-state index in [0.717, 1.165) is 31.9 Å². The van der Waals surface area contributed by atoms with E-state index in [0.29, 0.717) is 29.4 Å². The molecular formula is C21H26ClN3O4S. The molecule has 30 heavy (non-hydrogen) atoms. The van der Waals surface area contributed by atoms with Crippen LogP contribution >= 0.6 is 11.6 Å². The first kappa shape index (κ1) is 22.7. The minimum Gasteiger partial charge on any atom is -0.387 e. The number of hydrogen-bond donors (Lipinski definition) is 2. The number of sulfone groups is 1. The second-order valence-electron chi connectivity index (χ2n) is 7.89. The summed E-state index contributed by atoms with van der Waals surface area (Å²) in [5, 5.41) is 12.5. The van der Waals surface area contributed by atoms with E-state index < -0.39 is 21.9 Å². The van der Waals surface area contributed by atoms with E-state index in [1.165, 1.54) is 18.5 Å². The van der Waals surface area contributed by atoms with E-state index in [1.54, 1.807) is 19.1 Å². The fraction of sp³-hybridized carbons (Fsp3) is 0.476. The normalized spacial score (nSPS) is 16.9. The van der Waals surface area contributed by atoms with Crippen LogP contribution in [0.1, 0.15) is 62.3 Å². The third-order valence-electron chi connectivity index (χ3n) is 5.47. The fourth-order valence-corrected chi connectivity index (χ4v) is 5.18. The van der Waals surface area contributed by atoms with Crippen LogP contribution < -0.4 is 5.32 Å². The molecule has 2 unspecified atom stereocenters. The highest BCUT2D eigenvalue weighted by molar-refractivity contribution is 7.90. The van der Waals surface area contributed by atoms with Gasteiger partial charge in [-0.3, -0.25) is 9.78 Å². The lowest BCUT2D eigenvalue weighted by Crippen LogP contribution is -2.24. The van der Waals surface area contributed by atoms with Gasteiger partial charge in [0.05, 0.1) is 40.0 Å². The van der Waals surface area contributed by atoms with Crippen molar-refractivity contribution in [2.75, 3.05) is 11.6 Å². The van der Waals surface area contributed by atoms with Crippen LogP contribution in [-0.4, -0.2) is 35.7 Å². The predicted molar refractivity (Wildman–Crippen MR) is 115 cm³/mol. The minimum absolute atomic E-state index is 0.0486. The Balaban J connectivity index is 1.86. The van der Waals surface area contributed by atoms with E-state index in [-0.39, 0.29) is 15.8 Å². The van der Waals surface area contributed by atoms with Gasteiger partial charge in [-0.05, 0) is 37.0 Å². The van der Waals surface area contributed by atoms with Gasteiger partial charge in [-0.15, -0.1) is 0 Å². The molecule has 3 rings (SSSR count). The largest absolute Gasteiger partial charge is 0.387 e. The molecule has 162 valence electrons. The summed E-state index contributed by atoms with van der Waals surface area (Å²) < 4.78 is 23.7. The first-order valence-corrected chi connectivity index (χ1v) is 12.2. The summed E-state index contributed by atoms with van der Waals surface area (Å²) in [6, 6.07) is 4.68. The number of aliphatic hydroxyl groups excluding tert-OH is 1. The maximum atomic E-state index is 13.1. The van der Waals surface area contributed by atoms with Crippen LogP contribution in [0.25, 0.3) is 0 Å². The van der Waals surface area contributed by atoms with E-state index in [1.807, 2.05) is 0 Å². The standard InChI is InChI=1S/C21H26ClN3O4S/c1-13(26)18-11-24-20(12-23-18)25-21(27)16(9-14-5-3-4-6-14)15-7-8-19(17(22)10-15)30(2,28)29/h7-8,10-14,16,26H,3-6,9H2,1-2H3,(H,24,25,27). The van der Waals surface area contributed by atoms with Crippen LogP contribution in [-0.2, 0) is 14.6 Å². The topological polar surface area (TPSA) is 109 Å². The van der Waals surface area contributed by atoms with Gasteiger partial charge in [0.2, 0.25) is 5.91 Å². The van der Waals surface area contributed by atoms with Gasteiger partial charge in [-0.1, -0.05) is 43.4 Å². The fourth-order valence-electron chi connectivity index (χ4n) is 3.84. The highest BCUT2D eigenvalue weighted by Gasteiger charge is 2.28. The van der Waals surface area contributed by atoms with Gasteiger partial charge in [-0.25, -0.2) is 13.4 Å².